The number of nitrogens with one attached hydrogen (secondary N) is 2. The van der Waals surface area contributed by atoms with Crippen molar-refractivity contribution in [2.45, 2.75) is 32.6 Å². The summed E-state index contributed by atoms with van der Waals surface area (Å²) < 4.78 is 0. The highest BCUT2D eigenvalue weighted by Gasteiger charge is 2.04. The highest BCUT2D eigenvalue weighted by Crippen LogP contribution is 2.12. The summed E-state index contributed by atoms with van der Waals surface area (Å²) in [5.41, 5.74) is 1.33. The Labute approximate surface area is 110 Å². The Kier molecular flexibility index (Phi) is 7.11. The fourth-order valence-electron chi connectivity index (χ4n) is 1.77. The predicted molar refractivity (Wildman–Crippen MR) is 75.6 cm³/mol. The Bertz CT molecular complexity index is 338. The highest BCUT2D eigenvalue weighted by atomic mass is 16.1. The van der Waals surface area contributed by atoms with Gasteiger partial charge in [-0.1, -0.05) is 44.2 Å². The number of carbonyl (C=O) groups excluding carboxylic acids is 1. The van der Waals surface area contributed by atoms with Crippen molar-refractivity contribution < 1.29 is 4.79 Å². The summed E-state index contributed by atoms with van der Waals surface area (Å²) >= 11 is 0. The van der Waals surface area contributed by atoms with Crippen LogP contribution in [0.5, 0.6) is 0 Å². The maximum Gasteiger partial charge on any atom is 0.221 e. The van der Waals surface area contributed by atoms with E-state index < -0.39 is 0 Å². The minimum absolute atomic E-state index is 0.136. The maximum absolute atomic E-state index is 11.4. The molecule has 1 atom stereocenters. The van der Waals surface area contributed by atoms with Crippen LogP contribution in [0.3, 0.4) is 0 Å². The molecule has 0 spiro atoms. The fourth-order valence-corrected chi connectivity index (χ4v) is 1.77. The number of carbonyl (C=O) groups is 1. The van der Waals surface area contributed by atoms with Crippen LogP contribution in [0, 0.1) is 0 Å². The molecule has 18 heavy (non-hydrogen) atoms. The second kappa shape index (κ2) is 8.70. The lowest BCUT2D eigenvalue weighted by molar-refractivity contribution is -0.120. The van der Waals surface area contributed by atoms with E-state index in [-0.39, 0.29) is 5.91 Å². The molecule has 0 aliphatic heterocycles. The van der Waals surface area contributed by atoms with E-state index in [9.17, 15) is 4.79 Å². The zero-order chi connectivity index (χ0) is 13.2. The van der Waals surface area contributed by atoms with Crippen LogP contribution in [-0.4, -0.2) is 25.5 Å². The van der Waals surface area contributed by atoms with Gasteiger partial charge in [0, 0.05) is 26.1 Å². The first-order chi connectivity index (χ1) is 8.74. The zero-order valence-corrected chi connectivity index (χ0v) is 11.4. The van der Waals surface area contributed by atoms with Crippen LogP contribution in [0.2, 0.25) is 0 Å². The van der Waals surface area contributed by atoms with Gasteiger partial charge in [-0.05, 0) is 17.9 Å². The Hall–Kier alpha value is -1.35. The van der Waals surface area contributed by atoms with Crippen molar-refractivity contribution in [3.63, 3.8) is 0 Å². The van der Waals surface area contributed by atoms with Crippen molar-refractivity contribution in [1.82, 2.24) is 10.6 Å². The van der Waals surface area contributed by atoms with Gasteiger partial charge in [0.15, 0.2) is 0 Å². The summed E-state index contributed by atoms with van der Waals surface area (Å²) in [4.78, 5) is 11.4. The molecule has 0 bridgehead atoms. The molecule has 3 heteroatoms. The van der Waals surface area contributed by atoms with E-state index in [4.69, 9.17) is 0 Å². The van der Waals surface area contributed by atoms with E-state index in [0.717, 1.165) is 26.1 Å². The quantitative estimate of drug-likeness (QED) is 0.693. The van der Waals surface area contributed by atoms with Crippen molar-refractivity contribution in [3.05, 3.63) is 35.9 Å². The predicted octanol–water partition coefficient (Wildman–Crippen LogP) is 2.30. The van der Waals surface area contributed by atoms with Crippen molar-refractivity contribution in [2.75, 3.05) is 19.6 Å². The van der Waals surface area contributed by atoms with Gasteiger partial charge < -0.3 is 10.6 Å². The Morgan fingerprint density at radius 3 is 2.61 bits per heavy atom. The van der Waals surface area contributed by atoms with Crippen LogP contribution in [0.4, 0.5) is 0 Å². The SMILES string of the molecule is CCCNC(=O)CCNCC(C)c1ccccc1. The molecule has 0 fully saturated rings. The molecule has 1 aromatic rings. The van der Waals surface area contributed by atoms with Gasteiger partial charge in [0.05, 0.1) is 0 Å². The van der Waals surface area contributed by atoms with E-state index in [2.05, 4.69) is 48.7 Å². The molecule has 0 saturated carbocycles. The van der Waals surface area contributed by atoms with E-state index in [1.807, 2.05) is 6.07 Å². The summed E-state index contributed by atoms with van der Waals surface area (Å²) in [6.07, 6.45) is 1.55. The van der Waals surface area contributed by atoms with Crippen LogP contribution >= 0.6 is 0 Å². The standard InChI is InChI=1S/C15H24N2O/c1-3-10-17-15(18)9-11-16-12-13(2)14-7-5-4-6-8-14/h4-8,13,16H,3,9-12H2,1-2H3,(H,17,18). The molecular weight excluding hydrogens is 224 g/mol. The average molecular weight is 248 g/mol. The highest BCUT2D eigenvalue weighted by molar-refractivity contribution is 5.75. The van der Waals surface area contributed by atoms with Crippen molar-refractivity contribution >= 4 is 5.91 Å². The summed E-state index contributed by atoms with van der Waals surface area (Å²) in [6.45, 7) is 6.68. The fraction of sp³-hybridized carbons (Fsp3) is 0.533. The lowest BCUT2D eigenvalue weighted by atomic mass is 10.0. The summed E-state index contributed by atoms with van der Waals surface area (Å²) in [5, 5.41) is 6.20. The largest absolute Gasteiger partial charge is 0.356 e. The molecule has 0 aliphatic carbocycles. The number of rotatable bonds is 8. The molecule has 0 aliphatic rings. The van der Waals surface area contributed by atoms with Crippen molar-refractivity contribution in [2.24, 2.45) is 0 Å². The van der Waals surface area contributed by atoms with Crippen LogP contribution in [0.1, 0.15) is 38.2 Å². The molecule has 100 valence electrons. The van der Waals surface area contributed by atoms with E-state index >= 15 is 0 Å². The van der Waals surface area contributed by atoms with Gasteiger partial charge in [-0.2, -0.15) is 0 Å². The normalized spacial score (nSPS) is 12.1. The van der Waals surface area contributed by atoms with Gasteiger partial charge in [0.25, 0.3) is 0 Å². The molecular formula is C15H24N2O. The molecule has 3 nitrogen and oxygen atoms in total. The minimum atomic E-state index is 0.136. The zero-order valence-electron chi connectivity index (χ0n) is 11.4. The van der Waals surface area contributed by atoms with E-state index in [0.29, 0.717) is 12.3 Å². The van der Waals surface area contributed by atoms with E-state index in [1.165, 1.54) is 5.56 Å². The molecule has 1 amide bonds. The third-order valence-electron chi connectivity index (χ3n) is 2.92. The number of hydrogen-bond acceptors (Lipinski definition) is 2. The first-order valence-electron chi connectivity index (χ1n) is 6.76. The lowest BCUT2D eigenvalue weighted by Gasteiger charge is -2.12. The number of amides is 1. The second-order valence-electron chi connectivity index (χ2n) is 4.62. The monoisotopic (exact) mass is 248 g/mol. The molecule has 1 rings (SSSR count). The Morgan fingerprint density at radius 1 is 1.22 bits per heavy atom. The maximum atomic E-state index is 11.4. The molecule has 0 saturated heterocycles. The van der Waals surface area contributed by atoms with Gasteiger partial charge in [0.1, 0.15) is 0 Å². The second-order valence-corrected chi connectivity index (χ2v) is 4.62. The molecule has 2 N–H and O–H groups in total. The van der Waals surface area contributed by atoms with Crippen molar-refractivity contribution in [1.29, 1.82) is 0 Å². The van der Waals surface area contributed by atoms with Crippen LogP contribution < -0.4 is 10.6 Å². The third-order valence-corrected chi connectivity index (χ3v) is 2.92. The smallest absolute Gasteiger partial charge is 0.221 e. The first kappa shape index (κ1) is 14.7. The Balaban J connectivity index is 2.13. The average Bonchev–Trinajstić information content (AvgIpc) is 2.42. The van der Waals surface area contributed by atoms with Crippen LogP contribution in [-0.2, 0) is 4.79 Å². The van der Waals surface area contributed by atoms with Gasteiger partial charge in [0.2, 0.25) is 5.91 Å². The van der Waals surface area contributed by atoms with Crippen LogP contribution in [0.15, 0.2) is 30.3 Å². The summed E-state index contributed by atoms with van der Waals surface area (Å²) in [7, 11) is 0. The topological polar surface area (TPSA) is 41.1 Å². The first-order valence-corrected chi connectivity index (χ1v) is 6.76. The minimum Gasteiger partial charge on any atom is -0.356 e. The van der Waals surface area contributed by atoms with Gasteiger partial charge in [-0.15, -0.1) is 0 Å². The van der Waals surface area contributed by atoms with Crippen molar-refractivity contribution in [3.8, 4) is 0 Å². The summed E-state index contributed by atoms with van der Waals surface area (Å²) in [6, 6.07) is 10.4. The van der Waals surface area contributed by atoms with Gasteiger partial charge in [-0.25, -0.2) is 0 Å². The Morgan fingerprint density at radius 2 is 1.94 bits per heavy atom. The van der Waals surface area contributed by atoms with E-state index in [1.54, 1.807) is 0 Å². The number of benzene rings is 1. The molecule has 0 aromatic heterocycles. The third kappa shape index (κ3) is 5.82. The molecule has 1 unspecified atom stereocenters. The number of hydrogen-bond donors (Lipinski definition) is 2. The van der Waals surface area contributed by atoms with Gasteiger partial charge >= 0.3 is 0 Å². The molecule has 0 radical (unpaired) electrons. The van der Waals surface area contributed by atoms with Gasteiger partial charge in [-0.3, -0.25) is 4.79 Å². The molecule has 1 aromatic carbocycles. The van der Waals surface area contributed by atoms with Crippen LogP contribution in [0.25, 0.3) is 0 Å². The molecule has 0 heterocycles. The lowest BCUT2D eigenvalue weighted by Crippen LogP contribution is -2.29. The summed E-state index contributed by atoms with van der Waals surface area (Å²) in [5.74, 6) is 0.613.